The van der Waals surface area contributed by atoms with Gasteiger partial charge in [0.05, 0.1) is 18.3 Å². The van der Waals surface area contributed by atoms with Crippen LogP contribution in [-0.2, 0) is 4.79 Å². The highest BCUT2D eigenvalue weighted by Crippen LogP contribution is 2.27. The molecule has 0 bridgehead atoms. The molecule has 1 aromatic heterocycles. The van der Waals surface area contributed by atoms with Crippen LogP contribution < -0.4 is 9.84 Å². The summed E-state index contributed by atoms with van der Waals surface area (Å²) < 4.78 is 10.5. The van der Waals surface area contributed by atoms with E-state index in [1.54, 1.807) is 31.4 Å². The lowest BCUT2D eigenvalue weighted by atomic mass is 10.2. The summed E-state index contributed by atoms with van der Waals surface area (Å²) in [5.41, 5.74) is 0.708. The maximum Gasteiger partial charge on any atom is 0.277 e. The minimum absolute atomic E-state index is 0.189. The van der Waals surface area contributed by atoms with Gasteiger partial charge in [-0.1, -0.05) is 17.8 Å². The Balaban J connectivity index is 2.18. The van der Waals surface area contributed by atoms with Crippen LogP contribution in [0.5, 0.6) is 5.75 Å². The SMILES string of the molecule is COc1cccc(-c2nnc(S[C@H](C)C(=O)[O-])o2)c1. The zero-order valence-corrected chi connectivity index (χ0v) is 11.1. The van der Waals surface area contributed by atoms with Crippen LogP contribution in [0.15, 0.2) is 33.9 Å². The molecule has 0 radical (unpaired) electrons. The first kappa shape index (κ1) is 13.4. The van der Waals surface area contributed by atoms with E-state index < -0.39 is 11.2 Å². The average molecular weight is 279 g/mol. The molecular weight excluding hydrogens is 268 g/mol. The van der Waals surface area contributed by atoms with Crippen molar-refractivity contribution in [2.45, 2.75) is 17.4 Å². The van der Waals surface area contributed by atoms with E-state index in [-0.39, 0.29) is 5.22 Å². The molecule has 1 atom stereocenters. The normalized spacial score (nSPS) is 12.1. The van der Waals surface area contributed by atoms with Crippen LogP contribution in [0.4, 0.5) is 0 Å². The summed E-state index contributed by atoms with van der Waals surface area (Å²) >= 11 is 0.944. The topological polar surface area (TPSA) is 88.3 Å². The predicted molar refractivity (Wildman–Crippen MR) is 66.6 cm³/mol. The summed E-state index contributed by atoms with van der Waals surface area (Å²) in [5, 5.41) is 17.7. The van der Waals surface area contributed by atoms with Gasteiger partial charge in [-0.15, -0.1) is 10.2 Å². The van der Waals surface area contributed by atoms with E-state index >= 15 is 0 Å². The van der Waals surface area contributed by atoms with Gasteiger partial charge in [0.25, 0.3) is 5.22 Å². The molecule has 7 heteroatoms. The Kier molecular flexibility index (Phi) is 4.06. The first-order valence-corrected chi connectivity index (χ1v) is 6.33. The molecule has 2 rings (SSSR count). The minimum Gasteiger partial charge on any atom is -0.549 e. The van der Waals surface area contributed by atoms with Crippen LogP contribution in [0.25, 0.3) is 11.5 Å². The van der Waals surface area contributed by atoms with Crippen molar-refractivity contribution in [3.63, 3.8) is 0 Å². The smallest absolute Gasteiger partial charge is 0.277 e. The lowest BCUT2D eigenvalue weighted by molar-refractivity contribution is -0.304. The highest BCUT2D eigenvalue weighted by atomic mass is 32.2. The molecule has 0 unspecified atom stereocenters. The lowest BCUT2D eigenvalue weighted by Crippen LogP contribution is -2.31. The summed E-state index contributed by atoms with van der Waals surface area (Å²) in [6, 6.07) is 7.15. The quantitative estimate of drug-likeness (QED) is 0.753. The molecule has 0 aliphatic carbocycles. The fourth-order valence-electron chi connectivity index (χ4n) is 1.33. The Morgan fingerprint density at radius 1 is 1.47 bits per heavy atom. The number of carboxylic acids is 1. The van der Waals surface area contributed by atoms with Crippen molar-refractivity contribution in [3.8, 4) is 17.2 Å². The Morgan fingerprint density at radius 2 is 2.26 bits per heavy atom. The number of hydrogen-bond donors (Lipinski definition) is 0. The van der Waals surface area contributed by atoms with Gasteiger partial charge in [0.15, 0.2) is 0 Å². The van der Waals surface area contributed by atoms with Crippen molar-refractivity contribution in [1.29, 1.82) is 0 Å². The molecule has 100 valence electrons. The Morgan fingerprint density at radius 3 is 2.95 bits per heavy atom. The van der Waals surface area contributed by atoms with Crippen molar-refractivity contribution in [2.24, 2.45) is 0 Å². The number of benzene rings is 1. The number of thioether (sulfide) groups is 1. The third kappa shape index (κ3) is 3.25. The Hall–Kier alpha value is -2.02. The van der Waals surface area contributed by atoms with E-state index in [9.17, 15) is 9.90 Å². The Labute approximate surface area is 113 Å². The summed E-state index contributed by atoms with van der Waals surface area (Å²) in [4.78, 5) is 10.6. The number of aromatic nitrogens is 2. The second kappa shape index (κ2) is 5.75. The van der Waals surface area contributed by atoms with Crippen molar-refractivity contribution in [1.82, 2.24) is 10.2 Å². The zero-order valence-electron chi connectivity index (χ0n) is 10.3. The van der Waals surface area contributed by atoms with E-state index in [2.05, 4.69) is 10.2 Å². The number of rotatable bonds is 5. The van der Waals surface area contributed by atoms with Gasteiger partial charge in [-0.05, 0) is 25.1 Å². The van der Waals surface area contributed by atoms with Gasteiger partial charge < -0.3 is 19.1 Å². The number of methoxy groups -OCH3 is 1. The summed E-state index contributed by atoms with van der Waals surface area (Å²) in [6.45, 7) is 1.50. The van der Waals surface area contributed by atoms with Gasteiger partial charge in [-0.3, -0.25) is 0 Å². The standard InChI is InChI=1S/C12H12N2O4S/c1-7(11(15)16)19-12-14-13-10(18-12)8-4-3-5-9(6-8)17-2/h3-7H,1-2H3,(H,15,16)/p-1/t7-/m1/s1. The summed E-state index contributed by atoms with van der Waals surface area (Å²) in [6.07, 6.45) is 0. The molecule has 19 heavy (non-hydrogen) atoms. The highest BCUT2D eigenvalue weighted by Gasteiger charge is 2.13. The van der Waals surface area contributed by atoms with Crippen molar-refractivity contribution in [3.05, 3.63) is 24.3 Å². The van der Waals surface area contributed by atoms with Gasteiger partial charge in [0.1, 0.15) is 5.75 Å². The Bertz CT molecular complexity index is 585. The largest absolute Gasteiger partial charge is 0.549 e. The van der Waals surface area contributed by atoms with Crippen LogP contribution in [0, 0.1) is 0 Å². The third-order valence-electron chi connectivity index (χ3n) is 2.33. The maximum atomic E-state index is 10.6. The molecule has 0 fully saturated rings. The van der Waals surface area contributed by atoms with Crippen LogP contribution >= 0.6 is 11.8 Å². The molecule has 0 aliphatic heterocycles. The average Bonchev–Trinajstić information content (AvgIpc) is 2.87. The number of carbonyl (C=O) groups excluding carboxylic acids is 1. The van der Waals surface area contributed by atoms with E-state index in [4.69, 9.17) is 9.15 Å². The number of ether oxygens (including phenoxy) is 1. The van der Waals surface area contributed by atoms with Crippen molar-refractivity contribution < 1.29 is 19.1 Å². The van der Waals surface area contributed by atoms with Gasteiger partial charge in [0, 0.05) is 5.56 Å². The lowest BCUT2D eigenvalue weighted by Gasteiger charge is -2.07. The number of aliphatic carboxylic acids is 1. The monoisotopic (exact) mass is 279 g/mol. The summed E-state index contributed by atoms with van der Waals surface area (Å²) in [5.74, 6) is -0.189. The third-order valence-corrected chi connectivity index (χ3v) is 3.25. The van der Waals surface area contributed by atoms with Gasteiger partial charge in [0.2, 0.25) is 5.89 Å². The molecular formula is C12H11N2O4S-. The predicted octanol–water partition coefficient (Wildman–Crippen LogP) is 0.976. The first-order chi connectivity index (χ1) is 9.10. The number of nitrogens with zero attached hydrogens (tertiary/aromatic N) is 2. The minimum atomic E-state index is -1.17. The molecule has 2 aromatic rings. The molecule has 1 aromatic carbocycles. The van der Waals surface area contributed by atoms with E-state index in [0.29, 0.717) is 17.2 Å². The van der Waals surface area contributed by atoms with Crippen LogP contribution in [0.3, 0.4) is 0 Å². The summed E-state index contributed by atoms with van der Waals surface area (Å²) in [7, 11) is 1.57. The van der Waals surface area contributed by atoms with Crippen molar-refractivity contribution >= 4 is 17.7 Å². The van der Waals surface area contributed by atoms with Gasteiger partial charge >= 0.3 is 0 Å². The molecule has 0 saturated carbocycles. The van der Waals surface area contributed by atoms with E-state index in [0.717, 1.165) is 11.8 Å². The first-order valence-electron chi connectivity index (χ1n) is 5.45. The van der Waals surface area contributed by atoms with Crippen LogP contribution in [-0.4, -0.2) is 28.5 Å². The van der Waals surface area contributed by atoms with Crippen LogP contribution in [0.2, 0.25) is 0 Å². The van der Waals surface area contributed by atoms with Crippen LogP contribution in [0.1, 0.15) is 6.92 Å². The molecule has 0 aliphatic rings. The maximum absolute atomic E-state index is 10.6. The second-order valence-electron chi connectivity index (χ2n) is 3.68. The number of hydrogen-bond acceptors (Lipinski definition) is 7. The van der Waals surface area contributed by atoms with E-state index in [1.165, 1.54) is 6.92 Å². The highest BCUT2D eigenvalue weighted by molar-refractivity contribution is 8.00. The van der Waals surface area contributed by atoms with Gasteiger partial charge in [-0.25, -0.2) is 0 Å². The number of carboxylic acid groups (broad SMARTS) is 1. The van der Waals surface area contributed by atoms with Crippen molar-refractivity contribution in [2.75, 3.05) is 7.11 Å². The molecule has 0 saturated heterocycles. The molecule has 0 N–H and O–H groups in total. The molecule has 1 heterocycles. The van der Waals surface area contributed by atoms with E-state index in [1.807, 2.05) is 0 Å². The molecule has 6 nitrogen and oxygen atoms in total. The molecule has 0 amide bonds. The molecule has 0 spiro atoms. The fourth-order valence-corrected chi connectivity index (χ4v) is 1.94. The van der Waals surface area contributed by atoms with Gasteiger partial charge in [-0.2, -0.15) is 0 Å². The zero-order chi connectivity index (χ0) is 13.8. The second-order valence-corrected chi connectivity index (χ2v) is 4.98. The fraction of sp³-hybridized carbons (Fsp3) is 0.250. The number of carbonyl (C=O) groups is 1.